The maximum Gasteiger partial charge on any atom is 0.220 e. The lowest BCUT2D eigenvalue weighted by Crippen LogP contribution is -2.24. The highest BCUT2D eigenvalue weighted by atomic mass is 32.2. The molecule has 2 nitrogen and oxygen atoms in total. The van der Waals surface area contributed by atoms with Crippen molar-refractivity contribution in [1.29, 1.82) is 0 Å². The zero-order chi connectivity index (χ0) is 13.9. The predicted molar refractivity (Wildman–Crippen MR) is 87.8 cm³/mol. The number of benzene rings is 1. The molecule has 0 heterocycles. The van der Waals surface area contributed by atoms with Gasteiger partial charge in [0.1, 0.15) is 0 Å². The zero-order valence-electron chi connectivity index (χ0n) is 11.5. The first-order chi connectivity index (χ1) is 9.26. The molecule has 1 aromatic carbocycles. The van der Waals surface area contributed by atoms with E-state index >= 15 is 0 Å². The van der Waals surface area contributed by atoms with Gasteiger partial charge in [-0.2, -0.15) is 24.4 Å². The highest BCUT2D eigenvalue weighted by Crippen LogP contribution is 2.15. The van der Waals surface area contributed by atoms with Crippen LogP contribution in [0.1, 0.15) is 37.3 Å². The Hall–Kier alpha value is -0.610. The molecule has 0 fully saturated rings. The lowest BCUT2D eigenvalue weighted by molar-refractivity contribution is -0.120. The van der Waals surface area contributed by atoms with Gasteiger partial charge in [-0.1, -0.05) is 37.6 Å². The van der Waals surface area contributed by atoms with E-state index in [1.54, 1.807) is 0 Å². The molecule has 4 heteroatoms. The Labute approximate surface area is 126 Å². The van der Waals surface area contributed by atoms with E-state index in [0.29, 0.717) is 6.42 Å². The first-order valence-corrected chi connectivity index (χ1v) is 8.58. The van der Waals surface area contributed by atoms with Gasteiger partial charge >= 0.3 is 0 Å². The number of hydrogen-bond acceptors (Lipinski definition) is 3. The van der Waals surface area contributed by atoms with Crippen molar-refractivity contribution in [3.63, 3.8) is 0 Å². The maximum absolute atomic E-state index is 11.5. The van der Waals surface area contributed by atoms with Crippen LogP contribution in [-0.2, 0) is 16.3 Å². The second-order valence-electron chi connectivity index (χ2n) is 4.48. The van der Waals surface area contributed by atoms with Gasteiger partial charge in [-0.3, -0.25) is 4.79 Å². The summed E-state index contributed by atoms with van der Waals surface area (Å²) < 4.78 is 0. The van der Waals surface area contributed by atoms with Crippen molar-refractivity contribution in [1.82, 2.24) is 5.32 Å². The Morgan fingerprint density at radius 2 is 2.16 bits per heavy atom. The minimum absolute atomic E-state index is 0.171. The van der Waals surface area contributed by atoms with Gasteiger partial charge in [-0.25, -0.2) is 0 Å². The third kappa shape index (κ3) is 7.53. The molecule has 106 valence electrons. The zero-order valence-corrected chi connectivity index (χ0v) is 13.2. The molecule has 0 bridgehead atoms. The molecule has 19 heavy (non-hydrogen) atoms. The van der Waals surface area contributed by atoms with Gasteiger partial charge in [0.25, 0.3) is 0 Å². The number of unbranched alkanes of at least 4 members (excludes halogenated alkanes) is 1. The van der Waals surface area contributed by atoms with Gasteiger partial charge in [0, 0.05) is 30.2 Å². The van der Waals surface area contributed by atoms with E-state index in [-0.39, 0.29) is 5.91 Å². The number of nitrogens with one attached hydrogen (secondary N) is 1. The Morgan fingerprint density at radius 1 is 1.37 bits per heavy atom. The van der Waals surface area contributed by atoms with Gasteiger partial charge < -0.3 is 5.32 Å². The van der Waals surface area contributed by atoms with Gasteiger partial charge in [-0.05, 0) is 17.5 Å². The van der Waals surface area contributed by atoms with Gasteiger partial charge in [-0.15, -0.1) is 0 Å². The fourth-order valence-electron chi connectivity index (χ4n) is 1.67. The fourth-order valence-corrected chi connectivity index (χ4v) is 2.75. The van der Waals surface area contributed by atoms with Gasteiger partial charge in [0.05, 0.1) is 0 Å². The molecule has 0 aliphatic heterocycles. The number of hydrogen-bond donors (Lipinski definition) is 2. The second-order valence-corrected chi connectivity index (χ2v) is 5.91. The number of thioether (sulfide) groups is 1. The van der Waals surface area contributed by atoms with Crippen molar-refractivity contribution in [2.75, 3.05) is 12.3 Å². The molecule has 1 aromatic rings. The summed E-state index contributed by atoms with van der Waals surface area (Å²) in [7, 11) is 0. The number of rotatable bonds is 9. The van der Waals surface area contributed by atoms with Gasteiger partial charge in [0.2, 0.25) is 5.91 Å². The average molecular weight is 297 g/mol. The van der Waals surface area contributed by atoms with Gasteiger partial charge in [0.15, 0.2) is 0 Å². The topological polar surface area (TPSA) is 29.1 Å². The lowest BCUT2D eigenvalue weighted by Gasteiger charge is -2.05. The number of carbonyl (C=O) groups excluding carboxylic acids is 1. The monoisotopic (exact) mass is 297 g/mol. The number of amides is 1. The van der Waals surface area contributed by atoms with Crippen LogP contribution >= 0.6 is 24.4 Å². The molecule has 0 atom stereocenters. The van der Waals surface area contributed by atoms with Crippen LogP contribution in [-0.4, -0.2) is 18.2 Å². The summed E-state index contributed by atoms with van der Waals surface area (Å²) in [5.74, 6) is 2.79. The van der Waals surface area contributed by atoms with Crippen LogP contribution in [0, 0.1) is 0 Å². The van der Waals surface area contributed by atoms with Crippen LogP contribution in [0.3, 0.4) is 0 Å². The SMILES string of the molecule is CCCCNC(=O)CCSCc1cccc(CS)c1. The number of thiol groups is 1. The first kappa shape index (κ1) is 16.4. The minimum Gasteiger partial charge on any atom is -0.356 e. The van der Waals surface area contributed by atoms with Crippen molar-refractivity contribution < 1.29 is 4.79 Å². The average Bonchev–Trinajstić information content (AvgIpc) is 2.44. The van der Waals surface area contributed by atoms with E-state index in [0.717, 1.165) is 36.6 Å². The van der Waals surface area contributed by atoms with Crippen LogP contribution in [0.5, 0.6) is 0 Å². The van der Waals surface area contributed by atoms with Crippen molar-refractivity contribution in [3.05, 3.63) is 35.4 Å². The molecule has 1 rings (SSSR count). The van der Waals surface area contributed by atoms with Crippen molar-refractivity contribution in [2.24, 2.45) is 0 Å². The number of carbonyl (C=O) groups is 1. The molecule has 0 spiro atoms. The van der Waals surface area contributed by atoms with E-state index in [2.05, 4.69) is 49.1 Å². The van der Waals surface area contributed by atoms with E-state index in [1.807, 2.05) is 11.8 Å². The minimum atomic E-state index is 0.171. The summed E-state index contributed by atoms with van der Waals surface area (Å²) in [6, 6.07) is 8.46. The van der Waals surface area contributed by atoms with Crippen molar-refractivity contribution >= 4 is 30.3 Å². The van der Waals surface area contributed by atoms with Crippen molar-refractivity contribution in [3.8, 4) is 0 Å². The molecule has 0 saturated heterocycles. The molecule has 0 aliphatic carbocycles. The molecule has 1 amide bonds. The quantitative estimate of drug-likeness (QED) is 0.538. The van der Waals surface area contributed by atoms with Crippen LogP contribution in [0.15, 0.2) is 24.3 Å². The Morgan fingerprint density at radius 3 is 2.89 bits per heavy atom. The molecule has 0 unspecified atom stereocenters. The summed E-state index contributed by atoms with van der Waals surface area (Å²) in [5, 5.41) is 2.94. The predicted octanol–water partition coefficient (Wildman–Crippen LogP) is 3.66. The Kier molecular flexibility index (Phi) is 8.84. The highest BCUT2D eigenvalue weighted by Gasteiger charge is 2.01. The molecule has 0 aromatic heterocycles. The summed E-state index contributed by atoms with van der Waals surface area (Å²) in [5.41, 5.74) is 2.56. The first-order valence-electron chi connectivity index (χ1n) is 6.79. The summed E-state index contributed by atoms with van der Waals surface area (Å²) >= 11 is 6.08. The standard InChI is InChI=1S/C15H23NOS2/c1-2-3-8-16-15(17)7-9-19-12-14-6-4-5-13(10-14)11-18/h4-6,10,18H,2-3,7-9,11-12H2,1H3,(H,16,17). The molecule has 0 radical (unpaired) electrons. The van der Waals surface area contributed by atoms with Crippen LogP contribution in [0.25, 0.3) is 0 Å². The Balaban J connectivity index is 2.14. The maximum atomic E-state index is 11.5. The lowest BCUT2D eigenvalue weighted by atomic mass is 10.2. The second kappa shape index (κ2) is 10.2. The van der Waals surface area contributed by atoms with E-state index < -0.39 is 0 Å². The molecule has 0 aliphatic rings. The van der Waals surface area contributed by atoms with Crippen LogP contribution in [0.2, 0.25) is 0 Å². The van der Waals surface area contributed by atoms with E-state index in [1.165, 1.54) is 11.1 Å². The van der Waals surface area contributed by atoms with Crippen molar-refractivity contribution in [2.45, 2.75) is 37.7 Å². The molecular formula is C15H23NOS2. The summed E-state index contributed by atoms with van der Waals surface area (Å²) in [6.45, 7) is 2.94. The Bertz CT molecular complexity index is 382. The smallest absolute Gasteiger partial charge is 0.220 e. The van der Waals surface area contributed by atoms with E-state index in [9.17, 15) is 4.79 Å². The summed E-state index contributed by atoms with van der Waals surface area (Å²) in [4.78, 5) is 11.5. The summed E-state index contributed by atoms with van der Waals surface area (Å²) in [6.07, 6.45) is 2.80. The fraction of sp³-hybridized carbons (Fsp3) is 0.533. The van der Waals surface area contributed by atoms with Crippen LogP contribution in [0.4, 0.5) is 0 Å². The van der Waals surface area contributed by atoms with Crippen LogP contribution < -0.4 is 5.32 Å². The highest BCUT2D eigenvalue weighted by molar-refractivity contribution is 7.98. The molecule has 1 N–H and O–H groups in total. The van der Waals surface area contributed by atoms with E-state index in [4.69, 9.17) is 0 Å². The normalized spacial score (nSPS) is 10.4. The molecule has 0 saturated carbocycles. The third-order valence-electron chi connectivity index (χ3n) is 2.77. The molecular weight excluding hydrogens is 274 g/mol. The third-order valence-corrected chi connectivity index (χ3v) is 4.16. The largest absolute Gasteiger partial charge is 0.356 e.